The van der Waals surface area contributed by atoms with Gasteiger partial charge in [-0.3, -0.25) is 14.4 Å². The van der Waals surface area contributed by atoms with E-state index in [4.69, 9.17) is 11.0 Å². The van der Waals surface area contributed by atoms with Gasteiger partial charge in [-0.15, -0.1) is 0 Å². The number of nitrogens with two attached hydrogens (primary N) is 1. The first-order chi connectivity index (χ1) is 11.8. The maximum absolute atomic E-state index is 12.4. The number of nitrogens with one attached hydrogen (secondary N) is 2. The average Bonchev–Trinajstić information content (AvgIpc) is 2.55. The molecular weight excluding hydrogens is 320 g/mol. The summed E-state index contributed by atoms with van der Waals surface area (Å²) in [6, 6.07) is 1.90. The minimum Gasteiger partial charge on any atom is -0.368 e. The lowest BCUT2D eigenvalue weighted by Gasteiger charge is -2.35. The third-order valence-corrected chi connectivity index (χ3v) is 5.08. The van der Waals surface area contributed by atoms with E-state index in [1.165, 1.54) is 0 Å². The lowest BCUT2D eigenvalue weighted by atomic mass is 9.81. The van der Waals surface area contributed by atoms with Crippen LogP contribution in [0, 0.1) is 25.2 Å². The fourth-order valence-electron chi connectivity index (χ4n) is 3.58. The Labute approximate surface area is 146 Å². The first kappa shape index (κ1) is 18.7. The summed E-state index contributed by atoms with van der Waals surface area (Å²) in [5.41, 5.74) is 6.27. The number of H-pyrrole nitrogens is 1. The molecule has 0 aliphatic heterocycles. The number of aromatic nitrogens is 1. The average molecular weight is 344 g/mol. The van der Waals surface area contributed by atoms with Crippen LogP contribution in [0.15, 0.2) is 4.79 Å². The summed E-state index contributed by atoms with van der Waals surface area (Å²) in [7, 11) is 0. The summed E-state index contributed by atoms with van der Waals surface area (Å²) in [4.78, 5) is 38.6. The van der Waals surface area contributed by atoms with Crippen LogP contribution in [0.2, 0.25) is 0 Å². The zero-order valence-electron chi connectivity index (χ0n) is 14.7. The largest absolute Gasteiger partial charge is 0.368 e. The summed E-state index contributed by atoms with van der Waals surface area (Å²) >= 11 is 0. The van der Waals surface area contributed by atoms with Gasteiger partial charge in [-0.25, -0.2) is 0 Å². The van der Waals surface area contributed by atoms with E-state index in [0.29, 0.717) is 30.5 Å². The first-order valence-electron chi connectivity index (χ1n) is 8.54. The molecule has 0 aromatic carbocycles. The van der Waals surface area contributed by atoms with Crippen LogP contribution < -0.4 is 16.6 Å². The molecule has 2 amide bonds. The summed E-state index contributed by atoms with van der Waals surface area (Å²) in [6.07, 6.45) is 4.46. The van der Waals surface area contributed by atoms with E-state index in [2.05, 4.69) is 10.3 Å². The minimum absolute atomic E-state index is 0.0712. The molecule has 25 heavy (non-hydrogen) atoms. The van der Waals surface area contributed by atoms with Crippen LogP contribution in [-0.4, -0.2) is 22.3 Å². The number of nitriles is 1. The maximum atomic E-state index is 12.4. The summed E-state index contributed by atoms with van der Waals surface area (Å²) < 4.78 is 0. The van der Waals surface area contributed by atoms with Crippen LogP contribution in [0.5, 0.6) is 0 Å². The number of pyridine rings is 1. The van der Waals surface area contributed by atoms with Gasteiger partial charge in [0, 0.05) is 12.1 Å². The number of hydrogen-bond donors (Lipinski definition) is 3. The van der Waals surface area contributed by atoms with E-state index in [1.807, 2.05) is 6.07 Å². The van der Waals surface area contributed by atoms with Crippen LogP contribution in [0.4, 0.5) is 0 Å². The second-order valence-electron chi connectivity index (χ2n) is 6.72. The molecule has 0 radical (unpaired) electrons. The number of rotatable bonds is 5. The molecule has 0 atom stereocenters. The summed E-state index contributed by atoms with van der Waals surface area (Å²) in [5.74, 6) is -0.729. The Bertz CT molecular complexity index is 783. The van der Waals surface area contributed by atoms with Crippen molar-refractivity contribution in [1.82, 2.24) is 10.3 Å². The Balaban J connectivity index is 2.11. The van der Waals surface area contributed by atoms with Crippen LogP contribution in [0.1, 0.15) is 60.9 Å². The van der Waals surface area contributed by atoms with Crippen molar-refractivity contribution in [3.8, 4) is 6.07 Å². The van der Waals surface area contributed by atoms with Gasteiger partial charge in [-0.1, -0.05) is 19.3 Å². The highest BCUT2D eigenvalue weighted by Gasteiger charge is 2.39. The van der Waals surface area contributed by atoms with Gasteiger partial charge in [0.05, 0.1) is 0 Å². The van der Waals surface area contributed by atoms with Crippen molar-refractivity contribution in [2.24, 2.45) is 5.73 Å². The number of carbonyl (C=O) groups excluding carboxylic acids is 2. The Hall–Kier alpha value is -2.62. The van der Waals surface area contributed by atoms with Gasteiger partial charge >= 0.3 is 0 Å². The van der Waals surface area contributed by atoms with Crippen molar-refractivity contribution in [3.05, 3.63) is 32.7 Å². The Kier molecular flexibility index (Phi) is 5.62. The Morgan fingerprint density at radius 3 is 2.48 bits per heavy atom. The van der Waals surface area contributed by atoms with Gasteiger partial charge in [-0.2, -0.15) is 5.26 Å². The predicted octanol–water partition coefficient (Wildman–Crippen LogP) is 1.10. The van der Waals surface area contributed by atoms with Crippen molar-refractivity contribution in [2.45, 2.75) is 64.3 Å². The lowest BCUT2D eigenvalue weighted by Crippen LogP contribution is -2.58. The fourth-order valence-corrected chi connectivity index (χ4v) is 3.58. The van der Waals surface area contributed by atoms with E-state index in [-0.39, 0.29) is 17.9 Å². The van der Waals surface area contributed by atoms with E-state index in [1.54, 1.807) is 13.8 Å². The standard InChI is InChI=1S/C18H24N4O3/c1-11-13(12(2)21-16(24)14(11)10-19)6-7-15(23)22-18(17(20)25)8-4-3-5-9-18/h3-9H2,1-2H3,(H2,20,25)(H,21,24)(H,22,23). The topological polar surface area (TPSA) is 129 Å². The highest BCUT2D eigenvalue weighted by atomic mass is 16.2. The fraction of sp³-hybridized carbons (Fsp3) is 0.556. The number of amides is 2. The van der Waals surface area contributed by atoms with E-state index < -0.39 is 17.0 Å². The van der Waals surface area contributed by atoms with Crippen molar-refractivity contribution in [3.63, 3.8) is 0 Å². The van der Waals surface area contributed by atoms with E-state index in [9.17, 15) is 14.4 Å². The second kappa shape index (κ2) is 7.51. The predicted molar refractivity (Wildman–Crippen MR) is 92.7 cm³/mol. The van der Waals surface area contributed by atoms with Crippen LogP contribution in [0.25, 0.3) is 0 Å². The monoisotopic (exact) mass is 344 g/mol. The van der Waals surface area contributed by atoms with Crippen molar-refractivity contribution < 1.29 is 9.59 Å². The van der Waals surface area contributed by atoms with Crippen molar-refractivity contribution in [1.29, 1.82) is 5.26 Å². The smallest absolute Gasteiger partial charge is 0.266 e. The minimum atomic E-state index is -0.942. The van der Waals surface area contributed by atoms with Gasteiger partial charge < -0.3 is 16.0 Å². The molecular formula is C18H24N4O3. The van der Waals surface area contributed by atoms with Gasteiger partial charge in [0.15, 0.2) is 0 Å². The van der Waals surface area contributed by atoms with Gasteiger partial charge in [0.25, 0.3) is 5.56 Å². The molecule has 4 N–H and O–H groups in total. The second-order valence-corrected chi connectivity index (χ2v) is 6.72. The molecule has 1 aliphatic carbocycles. The first-order valence-corrected chi connectivity index (χ1v) is 8.54. The molecule has 2 rings (SSSR count). The molecule has 7 nitrogen and oxygen atoms in total. The van der Waals surface area contributed by atoms with Crippen LogP contribution >= 0.6 is 0 Å². The zero-order valence-corrected chi connectivity index (χ0v) is 14.7. The number of aromatic amines is 1. The van der Waals surface area contributed by atoms with Crippen molar-refractivity contribution >= 4 is 11.8 Å². The van der Waals surface area contributed by atoms with Crippen molar-refractivity contribution in [2.75, 3.05) is 0 Å². The number of hydrogen-bond acceptors (Lipinski definition) is 4. The van der Waals surface area contributed by atoms with Crippen LogP contribution in [0.3, 0.4) is 0 Å². The van der Waals surface area contributed by atoms with Gasteiger partial charge in [-0.05, 0) is 44.2 Å². The van der Waals surface area contributed by atoms with E-state index in [0.717, 1.165) is 24.8 Å². The molecule has 1 fully saturated rings. The normalized spacial score (nSPS) is 16.0. The Morgan fingerprint density at radius 2 is 1.92 bits per heavy atom. The molecule has 0 spiro atoms. The molecule has 0 unspecified atom stereocenters. The Morgan fingerprint density at radius 1 is 1.28 bits per heavy atom. The molecule has 1 heterocycles. The zero-order chi connectivity index (χ0) is 18.6. The number of primary amides is 1. The molecule has 0 saturated heterocycles. The molecule has 1 aromatic rings. The molecule has 134 valence electrons. The van der Waals surface area contributed by atoms with Gasteiger partial charge in [0.1, 0.15) is 17.2 Å². The molecule has 1 aromatic heterocycles. The van der Waals surface area contributed by atoms with Gasteiger partial charge in [0.2, 0.25) is 11.8 Å². The quantitative estimate of drug-likeness (QED) is 0.738. The highest BCUT2D eigenvalue weighted by Crippen LogP contribution is 2.28. The number of carbonyl (C=O) groups is 2. The molecule has 7 heteroatoms. The highest BCUT2D eigenvalue weighted by molar-refractivity contribution is 5.90. The third kappa shape index (κ3) is 3.90. The SMILES string of the molecule is Cc1[nH]c(=O)c(C#N)c(C)c1CCC(=O)NC1(C(N)=O)CCCCC1. The van der Waals surface area contributed by atoms with Crippen LogP contribution in [-0.2, 0) is 16.0 Å². The molecule has 0 bridgehead atoms. The third-order valence-electron chi connectivity index (χ3n) is 5.08. The number of nitrogens with zero attached hydrogens (tertiary/aromatic N) is 1. The molecule has 1 saturated carbocycles. The lowest BCUT2D eigenvalue weighted by molar-refractivity contribution is -0.132. The summed E-state index contributed by atoms with van der Waals surface area (Å²) in [5, 5.41) is 11.9. The summed E-state index contributed by atoms with van der Waals surface area (Å²) in [6.45, 7) is 3.45. The maximum Gasteiger partial charge on any atom is 0.266 e. The molecule has 1 aliphatic rings. The van der Waals surface area contributed by atoms with E-state index >= 15 is 0 Å². The number of aryl methyl sites for hydroxylation is 1.